The van der Waals surface area contributed by atoms with Gasteiger partial charge in [-0.2, -0.15) is 0 Å². The summed E-state index contributed by atoms with van der Waals surface area (Å²) in [5, 5.41) is 13.0. The largest absolute Gasteiger partial charge is 0.490 e. The van der Waals surface area contributed by atoms with Crippen LogP contribution in [-0.4, -0.2) is 30.4 Å². The normalized spacial score (nSPS) is 18.3. The van der Waals surface area contributed by atoms with Crippen molar-refractivity contribution in [1.82, 2.24) is 5.32 Å². The SMILES string of the molecule is OC1CCN(c2ccc(CNCc3cccc(OC4CCCC4)c3)cc2F)CC1. The molecule has 2 aliphatic rings. The van der Waals surface area contributed by atoms with Gasteiger partial charge in [0.05, 0.1) is 17.9 Å². The molecule has 0 atom stereocenters. The van der Waals surface area contributed by atoms with Crippen LogP contribution in [0.2, 0.25) is 0 Å². The summed E-state index contributed by atoms with van der Waals surface area (Å²) < 4.78 is 20.7. The molecule has 0 aromatic heterocycles. The number of nitrogens with zero attached hydrogens (tertiary/aromatic N) is 1. The highest BCUT2D eigenvalue weighted by molar-refractivity contribution is 5.49. The van der Waals surface area contributed by atoms with E-state index in [-0.39, 0.29) is 11.9 Å². The van der Waals surface area contributed by atoms with E-state index in [0.717, 1.165) is 30.7 Å². The first kappa shape index (κ1) is 20.2. The van der Waals surface area contributed by atoms with Gasteiger partial charge < -0.3 is 20.1 Å². The van der Waals surface area contributed by atoms with Gasteiger partial charge in [-0.15, -0.1) is 0 Å². The Labute approximate surface area is 172 Å². The summed E-state index contributed by atoms with van der Waals surface area (Å²) in [5.41, 5.74) is 2.74. The van der Waals surface area contributed by atoms with Crippen molar-refractivity contribution in [3.8, 4) is 5.75 Å². The number of anilines is 1. The lowest BCUT2D eigenvalue weighted by molar-refractivity contribution is 0.145. The Kier molecular flexibility index (Phi) is 6.67. The van der Waals surface area contributed by atoms with Crippen LogP contribution in [-0.2, 0) is 13.1 Å². The van der Waals surface area contributed by atoms with E-state index >= 15 is 0 Å². The highest BCUT2D eigenvalue weighted by Gasteiger charge is 2.20. The van der Waals surface area contributed by atoms with Crippen LogP contribution in [0.15, 0.2) is 42.5 Å². The van der Waals surface area contributed by atoms with Crippen molar-refractivity contribution in [2.45, 2.75) is 63.8 Å². The second-order valence-electron chi connectivity index (χ2n) is 8.28. The van der Waals surface area contributed by atoms with Gasteiger partial charge >= 0.3 is 0 Å². The monoisotopic (exact) mass is 398 g/mol. The fourth-order valence-electron chi connectivity index (χ4n) is 4.30. The summed E-state index contributed by atoms with van der Waals surface area (Å²) in [6, 6.07) is 13.7. The number of hydrogen-bond donors (Lipinski definition) is 2. The van der Waals surface area contributed by atoms with Crippen molar-refractivity contribution >= 4 is 5.69 Å². The molecule has 4 nitrogen and oxygen atoms in total. The van der Waals surface area contributed by atoms with E-state index in [0.29, 0.717) is 44.3 Å². The van der Waals surface area contributed by atoms with E-state index in [9.17, 15) is 9.50 Å². The number of ether oxygens (including phenoxy) is 1. The standard InChI is InChI=1S/C24H31FN2O2/c25-23-15-19(8-9-24(23)27-12-10-20(28)11-13-27)17-26-16-18-4-3-7-22(14-18)29-21-5-1-2-6-21/h3-4,7-9,14-15,20-21,26,28H,1-2,5-6,10-13,16-17H2. The van der Waals surface area contributed by atoms with Gasteiger partial charge in [-0.3, -0.25) is 0 Å². The summed E-state index contributed by atoms with van der Waals surface area (Å²) >= 11 is 0. The Hall–Kier alpha value is -2.11. The van der Waals surface area contributed by atoms with Crippen LogP contribution in [0.5, 0.6) is 5.75 Å². The van der Waals surface area contributed by atoms with Gasteiger partial charge in [-0.1, -0.05) is 18.2 Å². The van der Waals surface area contributed by atoms with Gasteiger partial charge in [0.2, 0.25) is 0 Å². The third kappa shape index (κ3) is 5.49. The Bertz CT molecular complexity index is 799. The lowest BCUT2D eigenvalue weighted by Crippen LogP contribution is -2.36. The predicted molar refractivity (Wildman–Crippen MR) is 114 cm³/mol. The Balaban J connectivity index is 1.28. The van der Waals surface area contributed by atoms with Crippen molar-refractivity contribution in [3.63, 3.8) is 0 Å². The maximum absolute atomic E-state index is 14.6. The summed E-state index contributed by atoms with van der Waals surface area (Å²) in [6.45, 7) is 2.74. The quantitative estimate of drug-likeness (QED) is 0.726. The fraction of sp³-hybridized carbons (Fsp3) is 0.500. The number of aliphatic hydroxyl groups excluding tert-OH is 1. The molecule has 0 bridgehead atoms. The Morgan fingerprint density at radius 3 is 2.41 bits per heavy atom. The third-order valence-electron chi connectivity index (χ3n) is 5.98. The summed E-state index contributed by atoms with van der Waals surface area (Å²) in [5.74, 6) is 0.755. The number of hydrogen-bond acceptors (Lipinski definition) is 4. The number of nitrogens with one attached hydrogen (secondary N) is 1. The fourth-order valence-corrected chi connectivity index (χ4v) is 4.30. The van der Waals surface area contributed by atoms with Crippen molar-refractivity contribution in [3.05, 3.63) is 59.4 Å². The van der Waals surface area contributed by atoms with E-state index in [1.165, 1.54) is 18.4 Å². The van der Waals surface area contributed by atoms with E-state index < -0.39 is 0 Å². The van der Waals surface area contributed by atoms with Gasteiger partial charge in [0.25, 0.3) is 0 Å². The van der Waals surface area contributed by atoms with Gasteiger partial charge in [0, 0.05) is 26.2 Å². The molecule has 0 spiro atoms. The minimum atomic E-state index is -0.250. The van der Waals surface area contributed by atoms with Crippen molar-refractivity contribution in [2.75, 3.05) is 18.0 Å². The van der Waals surface area contributed by atoms with E-state index in [1.807, 2.05) is 29.2 Å². The first-order valence-corrected chi connectivity index (χ1v) is 10.8. The maximum Gasteiger partial charge on any atom is 0.146 e. The lowest BCUT2D eigenvalue weighted by Gasteiger charge is -2.31. The van der Waals surface area contributed by atoms with Crippen molar-refractivity contribution < 1.29 is 14.2 Å². The number of benzene rings is 2. The van der Waals surface area contributed by atoms with Crippen LogP contribution in [0.3, 0.4) is 0 Å². The molecule has 29 heavy (non-hydrogen) atoms. The summed E-state index contributed by atoms with van der Waals surface area (Å²) in [7, 11) is 0. The maximum atomic E-state index is 14.6. The van der Waals surface area contributed by atoms with Crippen LogP contribution in [0, 0.1) is 5.82 Å². The molecule has 1 aliphatic carbocycles. The molecule has 2 aromatic carbocycles. The summed E-state index contributed by atoms with van der Waals surface area (Å²) in [6.07, 6.45) is 6.35. The molecule has 2 N–H and O–H groups in total. The van der Waals surface area contributed by atoms with Gasteiger partial charge in [-0.05, 0) is 73.9 Å². The van der Waals surface area contributed by atoms with Gasteiger partial charge in [0.1, 0.15) is 11.6 Å². The van der Waals surface area contributed by atoms with E-state index in [2.05, 4.69) is 17.4 Å². The van der Waals surface area contributed by atoms with E-state index in [4.69, 9.17) is 4.74 Å². The first-order valence-electron chi connectivity index (χ1n) is 10.8. The van der Waals surface area contributed by atoms with Crippen LogP contribution < -0.4 is 15.0 Å². The van der Waals surface area contributed by atoms with Crippen LogP contribution in [0.4, 0.5) is 10.1 Å². The van der Waals surface area contributed by atoms with E-state index in [1.54, 1.807) is 6.07 Å². The molecule has 1 saturated heterocycles. The zero-order valence-corrected chi connectivity index (χ0v) is 16.9. The molecule has 0 unspecified atom stereocenters. The van der Waals surface area contributed by atoms with Crippen LogP contribution in [0.25, 0.3) is 0 Å². The molecular formula is C24H31FN2O2. The highest BCUT2D eigenvalue weighted by Crippen LogP contribution is 2.26. The molecule has 5 heteroatoms. The smallest absolute Gasteiger partial charge is 0.146 e. The molecule has 2 fully saturated rings. The average Bonchev–Trinajstić information content (AvgIpc) is 3.22. The summed E-state index contributed by atoms with van der Waals surface area (Å²) in [4.78, 5) is 2.02. The topological polar surface area (TPSA) is 44.7 Å². The second-order valence-corrected chi connectivity index (χ2v) is 8.28. The zero-order valence-electron chi connectivity index (χ0n) is 16.9. The molecule has 1 heterocycles. The molecule has 0 radical (unpaired) electrons. The van der Waals surface area contributed by atoms with Crippen LogP contribution in [0.1, 0.15) is 49.7 Å². The molecule has 2 aromatic rings. The molecule has 156 valence electrons. The lowest BCUT2D eigenvalue weighted by atomic mass is 10.1. The minimum absolute atomic E-state index is 0.187. The second kappa shape index (κ2) is 9.59. The molecular weight excluding hydrogens is 367 g/mol. The molecule has 1 aliphatic heterocycles. The molecule has 4 rings (SSSR count). The highest BCUT2D eigenvalue weighted by atomic mass is 19.1. The predicted octanol–water partition coefficient (Wildman–Crippen LogP) is 4.40. The average molecular weight is 399 g/mol. The Morgan fingerprint density at radius 1 is 0.966 bits per heavy atom. The Morgan fingerprint density at radius 2 is 1.69 bits per heavy atom. The van der Waals surface area contributed by atoms with Gasteiger partial charge in [0.15, 0.2) is 0 Å². The third-order valence-corrected chi connectivity index (χ3v) is 5.98. The minimum Gasteiger partial charge on any atom is -0.490 e. The first-order chi connectivity index (χ1) is 14.2. The number of halogens is 1. The molecule has 1 saturated carbocycles. The zero-order chi connectivity index (χ0) is 20.1. The number of aliphatic hydroxyl groups is 1. The number of piperidine rings is 1. The van der Waals surface area contributed by atoms with Crippen molar-refractivity contribution in [1.29, 1.82) is 0 Å². The molecule has 0 amide bonds. The van der Waals surface area contributed by atoms with Gasteiger partial charge in [-0.25, -0.2) is 4.39 Å². The van der Waals surface area contributed by atoms with Crippen molar-refractivity contribution in [2.24, 2.45) is 0 Å². The number of rotatable bonds is 7. The van der Waals surface area contributed by atoms with Crippen LogP contribution >= 0.6 is 0 Å².